The summed E-state index contributed by atoms with van der Waals surface area (Å²) >= 11 is 0. The van der Waals surface area contributed by atoms with E-state index in [2.05, 4.69) is 29.5 Å². The molecule has 0 radical (unpaired) electrons. The fraction of sp³-hybridized carbons (Fsp3) is 0.517. The molecule has 2 aromatic carbocycles. The zero-order valence-corrected chi connectivity index (χ0v) is 22.3. The molecule has 1 saturated heterocycles. The van der Waals surface area contributed by atoms with Gasteiger partial charge in [0.25, 0.3) is 0 Å². The van der Waals surface area contributed by atoms with Gasteiger partial charge in [-0.2, -0.15) is 0 Å². The van der Waals surface area contributed by atoms with E-state index in [1.54, 1.807) is 13.2 Å². The van der Waals surface area contributed by atoms with Crippen molar-refractivity contribution in [2.75, 3.05) is 40.6 Å². The van der Waals surface area contributed by atoms with Crippen LogP contribution in [0, 0.1) is 13.8 Å². The second kappa shape index (κ2) is 10.2. The van der Waals surface area contributed by atoms with Crippen molar-refractivity contribution in [2.45, 2.75) is 57.3 Å². The molecule has 200 valence electrons. The van der Waals surface area contributed by atoms with Gasteiger partial charge in [0, 0.05) is 41.9 Å². The van der Waals surface area contributed by atoms with Gasteiger partial charge in [0.2, 0.25) is 0 Å². The topological polar surface area (TPSA) is 101 Å². The van der Waals surface area contributed by atoms with Crippen molar-refractivity contribution >= 4 is 0 Å². The van der Waals surface area contributed by atoms with Crippen LogP contribution in [0.1, 0.15) is 51.9 Å². The standard InChI is InChI=1S/C29H39N3O5/c1-6-9-36-28-17(3)11-23(37-15-33)25-20(28)7-8-21-26-24-18(10-16(2)29(35-5)27(24)34)12-19(31(26)4)14-32(21)22(25)13-30/h6,10-11,19,21-22,26,33-34H,1,7-9,12-15,30H2,2-5H3/t19-,21?,22?,26?/m0/s1. The highest BCUT2D eigenvalue weighted by molar-refractivity contribution is 5.59. The van der Waals surface area contributed by atoms with Crippen molar-refractivity contribution in [2.24, 2.45) is 5.73 Å². The van der Waals surface area contributed by atoms with Crippen LogP contribution in [0.25, 0.3) is 0 Å². The molecule has 2 bridgehead atoms. The Morgan fingerprint density at radius 2 is 1.92 bits per heavy atom. The van der Waals surface area contributed by atoms with Crippen LogP contribution in [0.3, 0.4) is 0 Å². The van der Waals surface area contributed by atoms with Crippen molar-refractivity contribution < 1.29 is 24.4 Å². The quantitative estimate of drug-likeness (QED) is 0.387. The lowest BCUT2D eigenvalue weighted by atomic mass is 9.78. The number of piperazine rings is 1. The lowest BCUT2D eigenvalue weighted by molar-refractivity contribution is -0.0405. The number of likely N-dealkylation sites (N-methyl/N-ethyl adjacent to an activating group) is 1. The third-order valence-corrected chi connectivity index (χ3v) is 8.53. The van der Waals surface area contributed by atoms with Gasteiger partial charge in [-0.3, -0.25) is 9.80 Å². The summed E-state index contributed by atoms with van der Waals surface area (Å²) in [6.07, 6.45) is 4.21. The van der Waals surface area contributed by atoms with E-state index >= 15 is 0 Å². The maximum atomic E-state index is 11.4. The molecule has 0 spiro atoms. The maximum Gasteiger partial charge on any atom is 0.186 e. The van der Waals surface area contributed by atoms with Gasteiger partial charge in [-0.15, -0.1) is 0 Å². The number of aliphatic hydroxyl groups is 1. The molecule has 4 N–H and O–H groups in total. The van der Waals surface area contributed by atoms with Gasteiger partial charge in [0.15, 0.2) is 18.3 Å². The number of aromatic hydroxyl groups is 1. The molecule has 37 heavy (non-hydrogen) atoms. The fourth-order valence-corrected chi connectivity index (χ4v) is 7.06. The molecule has 1 fully saturated rings. The summed E-state index contributed by atoms with van der Waals surface area (Å²) in [5.74, 6) is 2.29. The number of benzene rings is 2. The molecule has 0 aliphatic carbocycles. The van der Waals surface area contributed by atoms with Crippen molar-refractivity contribution in [3.8, 4) is 23.0 Å². The van der Waals surface area contributed by atoms with Crippen molar-refractivity contribution in [1.29, 1.82) is 0 Å². The highest BCUT2D eigenvalue weighted by atomic mass is 16.6. The van der Waals surface area contributed by atoms with Gasteiger partial charge in [0.1, 0.15) is 18.1 Å². The summed E-state index contributed by atoms with van der Waals surface area (Å²) in [6, 6.07) is 4.38. The average Bonchev–Trinajstić information content (AvgIpc) is 3.01. The number of hydrogen-bond acceptors (Lipinski definition) is 8. The average molecular weight is 510 g/mol. The van der Waals surface area contributed by atoms with Crippen LogP contribution in [0.5, 0.6) is 23.0 Å². The Hall–Kier alpha value is -2.78. The second-order valence-corrected chi connectivity index (χ2v) is 10.5. The maximum absolute atomic E-state index is 11.4. The highest BCUT2D eigenvalue weighted by Gasteiger charge is 2.50. The number of nitrogens with zero attached hydrogens (tertiary/aromatic N) is 2. The number of rotatable bonds is 7. The van der Waals surface area contributed by atoms with Crippen LogP contribution in [0.4, 0.5) is 0 Å². The van der Waals surface area contributed by atoms with Crippen LogP contribution in [0.2, 0.25) is 0 Å². The first kappa shape index (κ1) is 25.9. The number of nitrogens with two attached hydrogens (primary N) is 1. The minimum absolute atomic E-state index is 0.0128. The zero-order valence-electron chi connectivity index (χ0n) is 22.3. The Morgan fingerprint density at radius 1 is 1.16 bits per heavy atom. The van der Waals surface area contributed by atoms with Crippen molar-refractivity contribution in [1.82, 2.24) is 9.80 Å². The molecule has 8 nitrogen and oxygen atoms in total. The first-order valence-electron chi connectivity index (χ1n) is 13.1. The molecule has 5 rings (SSSR count). The first-order valence-corrected chi connectivity index (χ1v) is 13.1. The highest BCUT2D eigenvalue weighted by Crippen LogP contribution is 2.53. The molecule has 3 heterocycles. The second-order valence-electron chi connectivity index (χ2n) is 10.5. The Bertz CT molecular complexity index is 1200. The predicted octanol–water partition coefficient (Wildman–Crippen LogP) is 3.14. The molecular weight excluding hydrogens is 470 g/mol. The van der Waals surface area contributed by atoms with Crippen molar-refractivity contribution in [3.05, 3.63) is 58.2 Å². The SMILES string of the molecule is C=CCOc1c(C)cc(OCO)c2c1CCC1C3c4c(cc(C)c(OC)c4O)C[C@@H](CN1C2CN)N3C. The normalized spacial score (nSPS) is 24.9. The Kier molecular flexibility index (Phi) is 7.11. The van der Waals surface area contributed by atoms with Gasteiger partial charge in [-0.1, -0.05) is 18.7 Å². The molecule has 3 aliphatic rings. The smallest absolute Gasteiger partial charge is 0.186 e. The minimum Gasteiger partial charge on any atom is -0.504 e. The van der Waals surface area contributed by atoms with Gasteiger partial charge < -0.3 is 30.2 Å². The Morgan fingerprint density at radius 3 is 2.59 bits per heavy atom. The number of fused-ring (bicyclic) bond motifs is 7. The number of ether oxygens (including phenoxy) is 3. The Labute approximate surface area is 219 Å². The molecular formula is C29H39N3O5. The fourth-order valence-electron chi connectivity index (χ4n) is 7.06. The minimum atomic E-state index is -0.409. The van der Waals surface area contributed by atoms with E-state index in [1.165, 1.54) is 5.56 Å². The van der Waals surface area contributed by atoms with Crippen LogP contribution in [0.15, 0.2) is 24.8 Å². The van der Waals surface area contributed by atoms with E-state index < -0.39 is 6.79 Å². The van der Waals surface area contributed by atoms with Gasteiger partial charge in [-0.05, 0) is 62.9 Å². The van der Waals surface area contributed by atoms with Crippen LogP contribution < -0.4 is 19.9 Å². The molecule has 2 aromatic rings. The van der Waals surface area contributed by atoms with E-state index in [0.717, 1.165) is 59.4 Å². The third-order valence-electron chi connectivity index (χ3n) is 8.53. The summed E-state index contributed by atoms with van der Waals surface area (Å²) in [7, 11) is 3.78. The van der Waals surface area contributed by atoms with Gasteiger partial charge in [-0.25, -0.2) is 0 Å². The largest absolute Gasteiger partial charge is 0.504 e. The van der Waals surface area contributed by atoms with Gasteiger partial charge in [0.05, 0.1) is 19.2 Å². The van der Waals surface area contributed by atoms with E-state index in [9.17, 15) is 10.2 Å². The van der Waals surface area contributed by atoms with E-state index in [-0.39, 0.29) is 29.9 Å². The first-order chi connectivity index (χ1) is 17.9. The Balaban J connectivity index is 1.67. The summed E-state index contributed by atoms with van der Waals surface area (Å²) in [5.41, 5.74) is 12.7. The van der Waals surface area contributed by atoms with E-state index in [4.69, 9.17) is 19.9 Å². The lowest BCUT2D eigenvalue weighted by Crippen LogP contribution is -2.62. The molecule has 4 atom stereocenters. The predicted molar refractivity (Wildman–Crippen MR) is 143 cm³/mol. The van der Waals surface area contributed by atoms with Crippen LogP contribution >= 0.6 is 0 Å². The monoisotopic (exact) mass is 509 g/mol. The summed E-state index contributed by atoms with van der Waals surface area (Å²) in [4.78, 5) is 4.93. The molecule has 3 unspecified atom stereocenters. The molecule has 0 aromatic heterocycles. The summed E-state index contributed by atoms with van der Waals surface area (Å²) in [6.45, 7) is 9.05. The number of phenolic OH excluding ortho intramolecular Hbond substituents is 1. The summed E-state index contributed by atoms with van der Waals surface area (Å²) in [5, 5.41) is 21.1. The van der Waals surface area contributed by atoms with Gasteiger partial charge >= 0.3 is 0 Å². The molecule has 3 aliphatic heterocycles. The van der Waals surface area contributed by atoms with Crippen LogP contribution in [-0.2, 0) is 12.8 Å². The third kappa shape index (κ3) is 4.07. The number of methoxy groups -OCH3 is 1. The zero-order chi connectivity index (χ0) is 26.4. The number of hydrogen-bond donors (Lipinski definition) is 3. The number of aryl methyl sites for hydroxylation is 2. The molecule has 0 amide bonds. The molecule has 8 heteroatoms. The van der Waals surface area contributed by atoms with E-state index in [0.29, 0.717) is 24.7 Å². The molecule has 0 saturated carbocycles. The van der Waals surface area contributed by atoms with Crippen LogP contribution in [-0.4, -0.2) is 72.7 Å². The van der Waals surface area contributed by atoms with E-state index in [1.807, 2.05) is 19.9 Å². The number of phenols is 1. The lowest BCUT2D eigenvalue weighted by Gasteiger charge is -2.55. The summed E-state index contributed by atoms with van der Waals surface area (Å²) < 4.78 is 17.6. The number of aliphatic hydroxyl groups excluding tert-OH is 1. The van der Waals surface area contributed by atoms with Crippen molar-refractivity contribution in [3.63, 3.8) is 0 Å².